The lowest BCUT2D eigenvalue weighted by molar-refractivity contribution is -0.304. The first-order valence-corrected chi connectivity index (χ1v) is 6.62. The van der Waals surface area contributed by atoms with Gasteiger partial charge in [0.1, 0.15) is 0 Å². The minimum Gasteiger partial charge on any atom is -0.550 e. The summed E-state index contributed by atoms with van der Waals surface area (Å²) in [6.45, 7) is 0.154. The molecule has 0 aliphatic carbocycles. The standard InChI is InChI=1S/C16H13NO5/c18-15(19)7-10-3-1-2-4-12(10)16(20)17-11-5-6-13-14(8-11)22-9-21-13/h1-6,8H,7,9H2,(H,17,20)(H,18,19)/p-1. The lowest BCUT2D eigenvalue weighted by Crippen LogP contribution is -2.26. The van der Waals surface area contributed by atoms with Crippen molar-refractivity contribution < 1.29 is 24.2 Å². The fraction of sp³-hybridized carbons (Fsp3) is 0.125. The number of amides is 1. The number of nitrogens with one attached hydrogen (secondary N) is 1. The molecule has 1 aliphatic heterocycles. The van der Waals surface area contributed by atoms with Crippen molar-refractivity contribution >= 4 is 17.6 Å². The number of carbonyl (C=O) groups is 2. The molecule has 0 fully saturated rings. The Hall–Kier alpha value is -3.02. The Morgan fingerprint density at radius 1 is 1.09 bits per heavy atom. The van der Waals surface area contributed by atoms with E-state index in [9.17, 15) is 14.7 Å². The Balaban J connectivity index is 1.81. The van der Waals surface area contributed by atoms with Crippen LogP contribution in [0.5, 0.6) is 11.5 Å². The number of fused-ring (bicyclic) bond motifs is 1. The van der Waals surface area contributed by atoms with E-state index in [1.165, 1.54) is 0 Å². The normalized spacial score (nSPS) is 12.0. The summed E-state index contributed by atoms with van der Waals surface area (Å²) in [7, 11) is 0. The first-order chi connectivity index (χ1) is 10.6. The van der Waals surface area contributed by atoms with E-state index in [4.69, 9.17) is 9.47 Å². The number of carboxylic acid groups (broad SMARTS) is 1. The highest BCUT2D eigenvalue weighted by Crippen LogP contribution is 2.34. The second kappa shape index (κ2) is 5.77. The summed E-state index contributed by atoms with van der Waals surface area (Å²) in [6.07, 6.45) is -0.315. The van der Waals surface area contributed by atoms with Crippen molar-refractivity contribution in [1.82, 2.24) is 0 Å². The van der Waals surface area contributed by atoms with E-state index in [1.807, 2.05) is 0 Å². The maximum Gasteiger partial charge on any atom is 0.255 e. The molecule has 6 nitrogen and oxygen atoms in total. The Bertz CT molecular complexity index is 741. The summed E-state index contributed by atoms with van der Waals surface area (Å²) < 4.78 is 10.4. The van der Waals surface area contributed by atoms with Crippen LogP contribution in [-0.4, -0.2) is 18.7 Å². The highest BCUT2D eigenvalue weighted by Gasteiger charge is 2.16. The van der Waals surface area contributed by atoms with Crippen molar-refractivity contribution in [3.63, 3.8) is 0 Å². The Kier molecular flexibility index (Phi) is 3.65. The Morgan fingerprint density at radius 2 is 1.86 bits per heavy atom. The molecule has 0 saturated heterocycles. The molecule has 1 heterocycles. The Morgan fingerprint density at radius 3 is 2.68 bits per heavy atom. The average molecular weight is 298 g/mol. The maximum absolute atomic E-state index is 12.3. The lowest BCUT2D eigenvalue weighted by Gasteiger charge is -2.11. The minimum atomic E-state index is -1.23. The molecule has 6 heteroatoms. The molecule has 112 valence electrons. The highest BCUT2D eigenvalue weighted by atomic mass is 16.7. The molecule has 1 N–H and O–H groups in total. The number of carbonyl (C=O) groups excluding carboxylic acids is 2. The van der Waals surface area contributed by atoms with E-state index in [2.05, 4.69) is 5.32 Å². The number of rotatable bonds is 4. The molecule has 2 aromatic rings. The minimum absolute atomic E-state index is 0.154. The van der Waals surface area contributed by atoms with Gasteiger partial charge in [0, 0.05) is 29.7 Å². The zero-order valence-corrected chi connectivity index (χ0v) is 11.5. The fourth-order valence-electron chi connectivity index (χ4n) is 2.22. The van der Waals surface area contributed by atoms with Gasteiger partial charge in [-0.15, -0.1) is 0 Å². The summed E-state index contributed by atoms with van der Waals surface area (Å²) in [5, 5.41) is 13.5. The van der Waals surface area contributed by atoms with Gasteiger partial charge in [-0.3, -0.25) is 4.79 Å². The quantitative estimate of drug-likeness (QED) is 0.908. The van der Waals surface area contributed by atoms with Crippen LogP contribution in [0.15, 0.2) is 42.5 Å². The first-order valence-electron chi connectivity index (χ1n) is 6.62. The van der Waals surface area contributed by atoms with Crippen LogP contribution in [-0.2, 0) is 11.2 Å². The van der Waals surface area contributed by atoms with Crippen molar-refractivity contribution in [2.45, 2.75) is 6.42 Å². The van der Waals surface area contributed by atoms with Gasteiger partial charge in [0.05, 0.1) is 0 Å². The number of hydrogen-bond donors (Lipinski definition) is 1. The molecule has 1 amide bonds. The van der Waals surface area contributed by atoms with Gasteiger partial charge in [0.15, 0.2) is 11.5 Å². The summed E-state index contributed by atoms with van der Waals surface area (Å²) in [6, 6.07) is 11.5. The predicted molar refractivity (Wildman–Crippen MR) is 75.7 cm³/mol. The number of ether oxygens (including phenoxy) is 2. The third kappa shape index (κ3) is 2.85. The van der Waals surface area contributed by atoms with Crippen LogP contribution in [0.1, 0.15) is 15.9 Å². The van der Waals surface area contributed by atoms with Crippen molar-refractivity contribution in [3.8, 4) is 11.5 Å². The molecule has 0 unspecified atom stereocenters. The SMILES string of the molecule is O=C([O-])Cc1ccccc1C(=O)Nc1ccc2c(c1)OCO2. The van der Waals surface area contributed by atoms with Gasteiger partial charge in [-0.05, 0) is 23.8 Å². The molecule has 2 aromatic carbocycles. The third-order valence-electron chi connectivity index (χ3n) is 3.23. The number of anilines is 1. The van der Waals surface area contributed by atoms with E-state index in [1.54, 1.807) is 42.5 Å². The van der Waals surface area contributed by atoms with E-state index < -0.39 is 11.9 Å². The average Bonchev–Trinajstić information content (AvgIpc) is 2.94. The van der Waals surface area contributed by atoms with Gasteiger partial charge >= 0.3 is 0 Å². The van der Waals surface area contributed by atoms with Gasteiger partial charge in [-0.25, -0.2) is 0 Å². The van der Waals surface area contributed by atoms with Crippen LogP contribution in [0.3, 0.4) is 0 Å². The summed E-state index contributed by atoms with van der Waals surface area (Å²) in [4.78, 5) is 23.1. The van der Waals surface area contributed by atoms with Crippen molar-refractivity contribution in [2.24, 2.45) is 0 Å². The zero-order valence-electron chi connectivity index (χ0n) is 11.5. The molecule has 0 bridgehead atoms. The lowest BCUT2D eigenvalue weighted by atomic mass is 10.0. The topological polar surface area (TPSA) is 87.7 Å². The van der Waals surface area contributed by atoms with Crippen LogP contribution >= 0.6 is 0 Å². The van der Waals surface area contributed by atoms with E-state index in [0.29, 0.717) is 28.3 Å². The van der Waals surface area contributed by atoms with Gasteiger partial charge < -0.3 is 24.7 Å². The van der Waals surface area contributed by atoms with Gasteiger partial charge in [-0.2, -0.15) is 0 Å². The molecule has 0 radical (unpaired) electrons. The molecule has 0 atom stereocenters. The third-order valence-corrected chi connectivity index (χ3v) is 3.23. The van der Waals surface area contributed by atoms with Gasteiger partial charge in [0.25, 0.3) is 5.91 Å². The van der Waals surface area contributed by atoms with Crippen LogP contribution in [0.25, 0.3) is 0 Å². The van der Waals surface area contributed by atoms with Crippen molar-refractivity contribution in [1.29, 1.82) is 0 Å². The molecule has 1 aliphatic rings. The first kappa shape index (κ1) is 13.9. The number of carboxylic acids is 1. The molecule has 0 saturated carbocycles. The molecule has 0 aromatic heterocycles. The van der Waals surface area contributed by atoms with Crippen LogP contribution < -0.4 is 19.9 Å². The monoisotopic (exact) mass is 298 g/mol. The van der Waals surface area contributed by atoms with Crippen LogP contribution in [0, 0.1) is 0 Å². The highest BCUT2D eigenvalue weighted by molar-refractivity contribution is 6.05. The zero-order chi connectivity index (χ0) is 15.5. The van der Waals surface area contributed by atoms with Gasteiger partial charge in [0.2, 0.25) is 6.79 Å². The predicted octanol–water partition coefficient (Wildman–Crippen LogP) is 0.960. The molecule has 3 rings (SSSR count). The number of aliphatic carboxylic acids is 1. The second-order valence-corrected chi connectivity index (χ2v) is 4.73. The number of hydrogen-bond acceptors (Lipinski definition) is 5. The van der Waals surface area contributed by atoms with Gasteiger partial charge in [-0.1, -0.05) is 18.2 Å². The van der Waals surface area contributed by atoms with E-state index in [0.717, 1.165) is 0 Å². The van der Waals surface area contributed by atoms with E-state index in [-0.39, 0.29) is 13.2 Å². The van der Waals surface area contributed by atoms with Crippen LogP contribution in [0.2, 0.25) is 0 Å². The molecule has 0 spiro atoms. The van der Waals surface area contributed by atoms with Crippen molar-refractivity contribution in [3.05, 3.63) is 53.6 Å². The number of benzene rings is 2. The maximum atomic E-state index is 12.3. The van der Waals surface area contributed by atoms with Crippen molar-refractivity contribution in [2.75, 3.05) is 12.1 Å². The van der Waals surface area contributed by atoms with Crippen LogP contribution in [0.4, 0.5) is 5.69 Å². The molecular weight excluding hydrogens is 286 g/mol. The summed E-state index contributed by atoms with van der Waals surface area (Å²) in [5.41, 5.74) is 1.24. The fourth-order valence-corrected chi connectivity index (χ4v) is 2.22. The molecule has 22 heavy (non-hydrogen) atoms. The Labute approximate surface area is 126 Å². The molecular formula is C16H12NO5-. The largest absolute Gasteiger partial charge is 0.550 e. The van der Waals surface area contributed by atoms with E-state index >= 15 is 0 Å². The summed E-state index contributed by atoms with van der Waals surface area (Å²) >= 11 is 0. The smallest absolute Gasteiger partial charge is 0.255 e. The second-order valence-electron chi connectivity index (χ2n) is 4.73. The summed E-state index contributed by atoms with van der Waals surface area (Å²) in [5.74, 6) is -0.449.